The summed E-state index contributed by atoms with van der Waals surface area (Å²) in [7, 11) is 0. The average Bonchev–Trinajstić information content (AvgIpc) is 3.03. The maximum absolute atomic E-state index is 13.4. The van der Waals surface area contributed by atoms with Crippen molar-refractivity contribution in [3.05, 3.63) is 53.4 Å². The zero-order valence-electron chi connectivity index (χ0n) is 15.3. The smallest absolute Gasteiger partial charge is 0.160 e. The van der Waals surface area contributed by atoms with Gasteiger partial charge >= 0.3 is 0 Å². The summed E-state index contributed by atoms with van der Waals surface area (Å²) in [6.07, 6.45) is 1.80. The molecule has 0 bridgehead atoms. The fourth-order valence-corrected chi connectivity index (χ4v) is 4.71. The van der Waals surface area contributed by atoms with Crippen molar-refractivity contribution in [3.8, 4) is 0 Å². The highest BCUT2D eigenvalue weighted by Crippen LogP contribution is 2.38. The number of thiophene rings is 1. The van der Waals surface area contributed by atoms with Gasteiger partial charge in [-0.05, 0) is 37.6 Å². The van der Waals surface area contributed by atoms with Crippen molar-refractivity contribution in [1.29, 1.82) is 0 Å². The number of fused-ring (bicyclic) bond motifs is 3. The van der Waals surface area contributed by atoms with Crippen LogP contribution in [0.5, 0.6) is 0 Å². The van der Waals surface area contributed by atoms with E-state index < -0.39 is 11.6 Å². The summed E-state index contributed by atoms with van der Waals surface area (Å²) in [5.41, 5.74) is 2.76. The van der Waals surface area contributed by atoms with Crippen LogP contribution in [0, 0.1) is 25.5 Å². The zero-order valence-corrected chi connectivity index (χ0v) is 16.1. The number of rotatable bonds is 3. The van der Waals surface area contributed by atoms with E-state index in [2.05, 4.69) is 27.4 Å². The van der Waals surface area contributed by atoms with E-state index >= 15 is 0 Å². The first-order valence-electron chi connectivity index (χ1n) is 8.99. The molecule has 142 valence electrons. The Morgan fingerprint density at radius 2 is 1.93 bits per heavy atom. The monoisotopic (exact) mass is 397 g/mol. The second kappa shape index (κ2) is 6.34. The average molecular weight is 397 g/mol. The molecule has 0 amide bonds. The van der Waals surface area contributed by atoms with Gasteiger partial charge in [-0.1, -0.05) is 0 Å². The van der Waals surface area contributed by atoms with Gasteiger partial charge in [-0.3, -0.25) is 0 Å². The van der Waals surface area contributed by atoms with E-state index in [0.29, 0.717) is 18.8 Å². The Kier molecular flexibility index (Phi) is 3.90. The van der Waals surface area contributed by atoms with Crippen LogP contribution in [0.15, 0.2) is 30.5 Å². The van der Waals surface area contributed by atoms with Crippen LogP contribution in [0.2, 0.25) is 0 Å². The zero-order chi connectivity index (χ0) is 19.4. The predicted molar refractivity (Wildman–Crippen MR) is 108 cm³/mol. The summed E-state index contributed by atoms with van der Waals surface area (Å²) in [5.74, 6) is -0.821. The van der Waals surface area contributed by atoms with Gasteiger partial charge in [0.15, 0.2) is 11.6 Å². The van der Waals surface area contributed by atoms with Crippen LogP contribution in [0.25, 0.3) is 20.3 Å². The van der Waals surface area contributed by atoms with Crippen molar-refractivity contribution < 1.29 is 8.78 Å². The van der Waals surface area contributed by atoms with Crippen molar-refractivity contribution >= 4 is 43.1 Å². The van der Waals surface area contributed by atoms with Gasteiger partial charge in [0.1, 0.15) is 10.6 Å². The lowest BCUT2D eigenvalue weighted by atomic mass is 10.1. The molecule has 0 unspecified atom stereocenters. The Hall–Kier alpha value is -2.87. The number of aryl methyl sites for hydroxylation is 2. The van der Waals surface area contributed by atoms with Crippen molar-refractivity contribution in [2.75, 3.05) is 23.3 Å². The Balaban J connectivity index is 1.41. The molecular weight excluding hydrogens is 380 g/mol. The van der Waals surface area contributed by atoms with Gasteiger partial charge in [0.2, 0.25) is 0 Å². The van der Waals surface area contributed by atoms with E-state index in [1.54, 1.807) is 23.6 Å². The lowest BCUT2D eigenvalue weighted by molar-refractivity contribution is 0.503. The molecule has 1 aliphatic heterocycles. The van der Waals surface area contributed by atoms with Crippen LogP contribution in [0.1, 0.15) is 11.3 Å². The lowest BCUT2D eigenvalue weighted by Gasteiger charge is -2.41. The van der Waals surface area contributed by atoms with Gasteiger partial charge in [-0.25, -0.2) is 13.8 Å². The molecule has 4 heterocycles. The van der Waals surface area contributed by atoms with Crippen LogP contribution in [0.4, 0.5) is 20.3 Å². The number of halogens is 2. The molecule has 0 radical (unpaired) electrons. The topological polar surface area (TPSA) is 53.9 Å². The number of nitrogens with one attached hydrogen (secondary N) is 1. The first-order chi connectivity index (χ1) is 13.5. The molecule has 4 aromatic rings. The Labute approximate surface area is 164 Å². The van der Waals surface area contributed by atoms with Gasteiger partial charge in [0.25, 0.3) is 0 Å². The van der Waals surface area contributed by atoms with E-state index in [9.17, 15) is 8.78 Å². The number of anilines is 2. The van der Waals surface area contributed by atoms with E-state index in [1.165, 1.54) is 6.07 Å². The van der Waals surface area contributed by atoms with E-state index in [-0.39, 0.29) is 6.04 Å². The molecule has 1 aliphatic rings. The van der Waals surface area contributed by atoms with E-state index in [1.807, 2.05) is 17.9 Å². The molecule has 5 rings (SSSR count). The van der Waals surface area contributed by atoms with Crippen LogP contribution in [-0.4, -0.2) is 34.3 Å². The van der Waals surface area contributed by atoms with Crippen LogP contribution < -0.4 is 10.2 Å². The summed E-state index contributed by atoms with van der Waals surface area (Å²) in [4.78, 5) is 7.44. The quantitative estimate of drug-likeness (QED) is 0.554. The largest absolute Gasteiger partial charge is 0.367 e. The van der Waals surface area contributed by atoms with Crippen molar-refractivity contribution in [2.45, 2.75) is 19.9 Å². The second-order valence-electron chi connectivity index (χ2n) is 7.07. The Morgan fingerprint density at radius 1 is 1.11 bits per heavy atom. The summed E-state index contributed by atoms with van der Waals surface area (Å²) in [5, 5.41) is 14.3. The molecule has 1 N–H and O–H groups in total. The normalized spacial score (nSPS) is 14.6. The maximum atomic E-state index is 13.4. The third kappa shape index (κ3) is 2.67. The van der Waals surface area contributed by atoms with E-state index in [0.717, 1.165) is 43.4 Å². The van der Waals surface area contributed by atoms with Crippen molar-refractivity contribution in [1.82, 2.24) is 15.2 Å². The lowest BCUT2D eigenvalue weighted by Crippen LogP contribution is -2.55. The standard InChI is InChI=1S/C20H17F2N5S/c1-10-11(2)25-26-20-17(10)14-5-6-23-19(18(14)28-20)24-12-8-27(9-12)13-3-4-15(21)16(22)7-13/h3-7,12H,8-9H2,1-2H3,(H,23,24). The van der Waals surface area contributed by atoms with Gasteiger partial charge in [0.05, 0.1) is 16.4 Å². The minimum Gasteiger partial charge on any atom is -0.367 e. The molecule has 0 atom stereocenters. The van der Waals surface area contributed by atoms with Crippen LogP contribution in [-0.2, 0) is 0 Å². The fourth-order valence-electron chi connectivity index (χ4n) is 3.58. The summed E-state index contributed by atoms with van der Waals surface area (Å²) in [6.45, 7) is 5.43. The highest BCUT2D eigenvalue weighted by atomic mass is 32.1. The van der Waals surface area contributed by atoms with Gasteiger partial charge < -0.3 is 10.2 Å². The molecule has 0 aliphatic carbocycles. The van der Waals surface area contributed by atoms with E-state index in [4.69, 9.17) is 0 Å². The number of benzene rings is 1. The number of aromatic nitrogens is 3. The number of hydrogen-bond acceptors (Lipinski definition) is 6. The van der Waals surface area contributed by atoms with Crippen molar-refractivity contribution in [3.63, 3.8) is 0 Å². The first kappa shape index (κ1) is 17.2. The number of pyridine rings is 1. The Bertz CT molecular complexity index is 1220. The third-order valence-electron chi connectivity index (χ3n) is 5.29. The molecule has 0 saturated carbocycles. The van der Waals surface area contributed by atoms with Gasteiger partial charge in [0, 0.05) is 41.8 Å². The highest BCUT2D eigenvalue weighted by molar-refractivity contribution is 7.26. The van der Waals surface area contributed by atoms with Gasteiger partial charge in [-0.15, -0.1) is 16.4 Å². The fraction of sp³-hybridized carbons (Fsp3) is 0.250. The molecule has 1 fully saturated rings. The molecule has 1 saturated heterocycles. The van der Waals surface area contributed by atoms with Crippen LogP contribution >= 0.6 is 11.3 Å². The second-order valence-corrected chi connectivity index (χ2v) is 8.07. The SMILES string of the molecule is Cc1nnc2sc3c(NC4CN(c5ccc(F)c(F)c5)C4)nccc3c2c1C. The minimum atomic E-state index is -0.826. The predicted octanol–water partition coefficient (Wildman–Crippen LogP) is 4.44. The molecule has 1 aromatic carbocycles. The summed E-state index contributed by atoms with van der Waals surface area (Å²) >= 11 is 1.58. The molecule has 5 nitrogen and oxygen atoms in total. The molecule has 28 heavy (non-hydrogen) atoms. The minimum absolute atomic E-state index is 0.186. The molecular formula is C20H17F2N5S. The molecule has 8 heteroatoms. The van der Waals surface area contributed by atoms with Gasteiger partial charge in [-0.2, -0.15) is 5.10 Å². The number of hydrogen-bond donors (Lipinski definition) is 1. The maximum Gasteiger partial charge on any atom is 0.160 e. The third-order valence-corrected chi connectivity index (χ3v) is 6.38. The molecule has 0 spiro atoms. The molecule has 3 aromatic heterocycles. The number of nitrogens with zero attached hydrogens (tertiary/aromatic N) is 4. The Morgan fingerprint density at radius 3 is 2.71 bits per heavy atom. The van der Waals surface area contributed by atoms with Crippen molar-refractivity contribution in [2.24, 2.45) is 0 Å². The van der Waals surface area contributed by atoms with Crippen LogP contribution in [0.3, 0.4) is 0 Å². The highest BCUT2D eigenvalue weighted by Gasteiger charge is 2.28. The summed E-state index contributed by atoms with van der Waals surface area (Å²) in [6, 6.07) is 6.20. The summed E-state index contributed by atoms with van der Waals surface area (Å²) < 4.78 is 27.6. The first-order valence-corrected chi connectivity index (χ1v) is 9.80.